The SMILES string of the molecule is Cc1[nH]c2nc(Sc3cnc4nccnc4c3)nc(N3CC4C(N)C4C3)c2c1C. The molecule has 2 unspecified atom stereocenters. The van der Waals surface area contributed by atoms with Crippen LogP contribution >= 0.6 is 11.8 Å². The van der Waals surface area contributed by atoms with Crippen LogP contribution in [0.4, 0.5) is 5.82 Å². The Kier molecular flexibility index (Phi) is 3.60. The van der Waals surface area contributed by atoms with E-state index in [0.29, 0.717) is 28.7 Å². The van der Waals surface area contributed by atoms with Crippen LogP contribution in [0.3, 0.4) is 0 Å². The first kappa shape index (κ1) is 17.1. The number of H-pyrrole nitrogens is 1. The number of anilines is 1. The first-order valence-electron chi connectivity index (χ1n) is 9.70. The molecule has 1 aliphatic carbocycles. The first-order chi connectivity index (χ1) is 14.1. The maximum atomic E-state index is 6.15. The van der Waals surface area contributed by atoms with Gasteiger partial charge in [-0.3, -0.25) is 4.98 Å². The minimum absolute atomic E-state index is 0.358. The van der Waals surface area contributed by atoms with Gasteiger partial charge in [0.2, 0.25) is 0 Å². The zero-order valence-corrected chi connectivity index (χ0v) is 16.9. The van der Waals surface area contributed by atoms with Crippen LogP contribution in [0.5, 0.6) is 0 Å². The van der Waals surface area contributed by atoms with Crippen molar-refractivity contribution in [3.05, 3.63) is 35.9 Å². The molecule has 1 saturated heterocycles. The fourth-order valence-corrected chi connectivity index (χ4v) is 5.10. The largest absolute Gasteiger partial charge is 0.355 e. The molecule has 6 rings (SSSR count). The van der Waals surface area contributed by atoms with Gasteiger partial charge in [-0.05, 0) is 49.1 Å². The van der Waals surface area contributed by atoms with Crippen LogP contribution in [0.25, 0.3) is 22.2 Å². The van der Waals surface area contributed by atoms with Gasteiger partial charge in [0.15, 0.2) is 10.8 Å². The van der Waals surface area contributed by atoms with Crippen LogP contribution in [-0.2, 0) is 0 Å². The van der Waals surface area contributed by atoms with Gasteiger partial charge in [0.25, 0.3) is 0 Å². The van der Waals surface area contributed by atoms with E-state index in [1.54, 1.807) is 18.6 Å². The Balaban J connectivity index is 1.41. The third-order valence-corrected chi connectivity index (χ3v) is 7.01. The average Bonchev–Trinajstić information content (AvgIpc) is 3.06. The number of nitrogens with two attached hydrogens (primary N) is 1. The Morgan fingerprint density at radius 3 is 2.72 bits per heavy atom. The molecule has 2 aliphatic rings. The summed E-state index contributed by atoms with van der Waals surface area (Å²) >= 11 is 1.49. The maximum absolute atomic E-state index is 6.15. The van der Waals surface area contributed by atoms with Gasteiger partial charge >= 0.3 is 0 Å². The van der Waals surface area contributed by atoms with E-state index in [-0.39, 0.29) is 0 Å². The van der Waals surface area contributed by atoms with E-state index in [0.717, 1.165) is 46.0 Å². The van der Waals surface area contributed by atoms with Gasteiger partial charge in [0.1, 0.15) is 17.0 Å². The molecular formula is C20H20N8S. The minimum Gasteiger partial charge on any atom is -0.355 e. The van der Waals surface area contributed by atoms with E-state index in [1.165, 1.54) is 17.3 Å². The Hall–Kier alpha value is -2.78. The molecule has 9 heteroatoms. The summed E-state index contributed by atoms with van der Waals surface area (Å²) in [6.07, 6.45) is 5.12. The second-order valence-corrected chi connectivity index (χ2v) is 8.95. The molecule has 2 atom stereocenters. The predicted molar refractivity (Wildman–Crippen MR) is 112 cm³/mol. The monoisotopic (exact) mass is 404 g/mol. The lowest BCUT2D eigenvalue weighted by molar-refractivity contribution is 0.732. The van der Waals surface area contributed by atoms with Gasteiger partial charge in [-0.2, -0.15) is 0 Å². The quantitative estimate of drug-likeness (QED) is 0.501. The van der Waals surface area contributed by atoms with Gasteiger partial charge in [-0.25, -0.2) is 19.9 Å². The van der Waals surface area contributed by atoms with Crippen LogP contribution < -0.4 is 10.6 Å². The van der Waals surface area contributed by atoms with Crippen LogP contribution in [0.15, 0.2) is 34.7 Å². The number of rotatable bonds is 3. The van der Waals surface area contributed by atoms with E-state index in [1.807, 2.05) is 6.07 Å². The molecule has 0 bridgehead atoms. The third kappa shape index (κ3) is 2.68. The number of hydrogen-bond donors (Lipinski definition) is 2. The molecule has 0 amide bonds. The second-order valence-electron chi connectivity index (χ2n) is 7.91. The molecule has 0 spiro atoms. The Morgan fingerprint density at radius 1 is 1.10 bits per heavy atom. The summed E-state index contributed by atoms with van der Waals surface area (Å²) in [6, 6.07) is 2.33. The average molecular weight is 405 g/mol. The highest BCUT2D eigenvalue weighted by Crippen LogP contribution is 2.46. The van der Waals surface area contributed by atoms with Crippen molar-refractivity contribution < 1.29 is 0 Å². The van der Waals surface area contributed by atoms with Crippen molar-refractivity contribution in [1.82, 2.24) is 29.9 Å². The summed E-state index contributed by atoms with van der Waals surface area (Å²) < 4.78 is 0. The Morgan fingerprint density at radius 2 is 1.90 bits per heavy atom. The maximum Gasteiger partial charge on any atom is 0.196 e. The summed E-state index contributed by atoms with van der Waals surface area (Å²) in [4.78, 5) is 29.5. The minimum atomic E-state index is 0.358. The first-order valence-corrected chi connectivity index (χ1v) is 10.5. The summed E-state index contributed by atoms with van der Waals surface area (Å²) in [7, 11) is 0. The fraction of sp³-hybridized carbons (Fsp3) is 0.350. The van der Waals surface area contributed by atoms with E-state index in [4.69, 9.17) is 15.7 Å². The van der Waals surface area contributed by atoms with Crippen molar-refractivity contribution in [3.63, 3.8) is 0 Å². The van der Waals surface area contributed by atoms with Gasteiger partial charge in [0, 0.05) is 48.3 Å². The van der Waals surface area contributed by atoms with Crippen LogP contribution in [-0.4, -0.2) is 49.0 Å². The van der Waals surface area contributed by atoms with Crippen molar-refractivity contribution in [3.8, 4) is 0 Å². The topological polar surface area (TPSA) is 109 Å². The molecule has 2 fully saturated rings. The smallest absolute Gasteiger partial charge is 0.196 e. The van der Waals surface area contributed by atoms with Gasteiger partial charge in [-0.1, -0.05) is 0 Å². The lowest BCUT2D eigenvalue weighted by Gasteiger charge is -2.21. The number of nitrogens with zero attached hydrogens (tertiary/aromatic N) is 6. The Labute approximate surface area is 171 Å². The zero-order valence-electron chi connectivity index (χ0n) is 16.1. The number of hydrogen-bond acceptors (Lipinski definition) is 8. The highest BCUT2D eigenvalue weighted by atomic mass is 32.2. The lowest BCUT2D eigenvalue weighted by atomic mass is 10.2. The summed E-state index contributed by atoms with van der Waals surface area (Å²) in [5.41, 5.74) is 10.8. The molecule has 0 radical (unpaired) electrons. The Bertz CT molecular complexity index is 1260. The highest BCUT2D eigenvalue weighted by Gasteiger charge is 2.54. The number of nitrogens with one attached hydrogen (secondary N) is 1. The van der Waals surface area contributed by atoms with Gasteiger partial charge in [-0.15, -0.1) is 0 Å². The molecule has 0 aromatic carbocycles. The standard InChI is InChI=1S/C20H20N8S/c1-9-10(2)25-18-15(9)19(28-7-12-13(8-28)16(12)21)27-20(26-18)29-11-5-14-17(24-6-11)23-4-3-22-14/h3-6,12-13,16H,7-8,21H2,1-2H3,(H,25,26,27). The molecular weight excluding hydrogens is 384 g/mol. The highest BCUT2D eigenvalue weighted by molar-refractivity contribution is 7.99. The van der Waals surface area contributed by atoms with Crippen LogP contribution in [0.1, 0.15) is 11.3 Å². The molecule has 4 aromatic rings. The second kappa shape index (κ2) is 6.11. The zero-order chi connectivity index (χ0) is 19.7. The molecule has 5 heterocycles. The molecule has 29 heavy (non-hydrogen) atoms. The normalized spacial score (nSPS) is 23.1. The molecule has 4 aromatic heterocycles. The molecule has 3 N–H and O–H groups in total. The fourth-order valence-electron chi connectivity index (χ4n) is 4.34. The van der Waals surface area contributed by atoms with E-state index in [9.17, 15) is 0 Å². The lowest BCUT2D eigenvalue weighted by Crippen LogP contribution is -2.29. The van der Waals surface area contributed by atoms with Crippen LogP contribution in [0.2, 0.25) is 0 Å². The third-order valence-electron chi connectivity index (χ3n) is 6.18. The summed E-state index contributed by atoms with van der Waals surface area (Å²) in [6.45, 7) is 6.15. The van der Waals surface area contributed by atoms with E-state index >= 15 is 0 Å². The van der Waals surface area contributed by atoms with Gasteiger partial charge < -0.3 is 15.6 Å². The molecule has 1 saturated carbocycles. The summed E-state index contributed by atoms with van der Waals surface area (Å²) in [5, 5.41) is 1.81. The van der Waals surface area contributed by atoms with Crippen molar-refractivity contribution in [2.75, 3.05) is 18.0 Å². The predicted octanol–water partition coefficient (Wildman–Crippen LogP) is 2.46. The van der Waals surface area contributed by atoms with Crippen molar-refractivity contribution in [1.29, 1.82) is 0 Å². The van der Waals surface area contributed by atoms with Gasteiger partial charge in [0.05, 0.1) is 5.39 Å². The number of aromatic amines is 1. The number of fused-ring (bicyclic) bond motifs is 3. The number of piperidine rings is 1. The van der Waals surface area contributed by atoms with E-state index in [2.05, 4.69) is 38.7 Å². The van der Waals surface area contributed by atoms with E-state index < -0.39 is 0 Å². The van der Waals surface area contributed by atoms with Crippen molar-refractivity contribution in [2.45, 2.75) is 29.9 Å². The summed E-state index contributed by atoms with van der Waals surface area (Å²) in [5.74, 6) is 2.20. The van der Waals surface area contributed by atoms with Crippen molar-refractivity contribution >= 4 is 39.8 Å². The number of pyridine rings is 1. The van der Waals surface area contributed by atoms with Crippen LogP contribution in [0, 0.1) is 25.7 Å². The number of aromatic nitrogens is 6. The van der Waals surface area contributed by atoms with Crippen molar-refractivity contribution in [2.24, 2.45) is 17.6 Å². The molecule has 146 valence electrons. The molecule has 8 nitrogen and oxygen atoms in total. The molecule has 1 aliphatic heterocycles. The number of aryl methyl sites for hydroxylation is 2.